The van der Waals surface area contributed by atoms with E-state index >= 15 is 0 Å². The lowest BCUT2D eigenvalue weighted by atomic mass is 9.98. The molecule has 17 heavy (non-hydrogen) atoms. The molecular formula is C13H23N3O. The summed E-state index contributed by atoms with van der Waals surface area (Å²) in [5.74, 6) is 2.77. The monoisotopic (exact) mass is 237 g/mol. The van der Waals surface area contributed by atoms with Crippen LogP contribution in [0.2, 0.25) is 0 Å². The molecule has 4 nitrogen and oxygen atoms in total. The first-order chi connectivity index (χ1) is 8.08. The number of aromatic nitrogens is 2. The van der Waals surface area contributed by atoms with Gasteiger partial charge in [-0.25, -0.2) is 0 Å². The van der Waals surface area contributed by atoms with Crippen molar-refractivity contribution in [2.45, 2.75) is 52.5 Å². The molecule has 4 heteroatoms. The van der Waals surface area contributed by atoms with Crippen LogP contribution in [0.25, 0.3) is 0 Å². The van der Waals surface area contributed by atoms with Gasteiger partial charge in [0.05, 0.1) is 6.04 Å². The molecule has 2 heterocycles. The van der Waals surface area contributed by atoms with E-state index in [2.05, 4.69) is 42.7 Å². The minimum Gasteiger partial charge on any atom is -0.338 e. The molecule has 1 aliphatic rings. The van der Waals surface area contributed by atoms with Crippen LogP contribution >= 0.6 is 0 Å². The summed E-state index contributed by atoms with van der Waals surface area (Å²) in [5, 5.41) is 4.03. The van der Waals surface area contributed by atoms with Gasteiger partial charge in [0, 0.05) is 5.92 Å². The third kappa shape index (κ3) is 2.86. The number of rotatable bonds is 3. The van der Waals surface area contributed by atoms with Crippen molar-refractivity contribution in [2.24, 2.45) is 5.92 Å². The smallest absolute Gasteiger partial charge is 0.243 e. The van der Waals surface area contributed by atoms with Crippen LogP contribution in [0, 0.1) is 5.92 Å². The van der Waals surface area contributed by atoms with Gasteiger partial charge in [0.2, 0.25) is 5.89 Å². The van der Waals surface area contributed by atoms with Crippen LogP contribution in [0.3, 0.4) is 0 Å². The zero-order chi connectivity index (χ0) is 12.4. The summed E-state index contributed by atoms with van der Waals surface area (Å²) in [7, 11) is 0. The Morgan fingerprint density at radius 1 is 1.24 bits per heavy atom. The highest BCUT2D eigenvalue weighted by Gasteiger charge is 2.25. The maximum atomic E-state index is 5.37. The molecule has 96 valence electrons. The van der Waals surface area contributed by atoms with Crippen molar-refractivity contribution in [1.82, 2.24) is 15.0 Å². The summed E-state index contributed by atoms with van der Waals surface area (Å²) in [6.07, 6.45) is 2.55. The predicted molar refractivity (Wildman–Crippen MR) is 66.8 cm³/mol. The first-order valence-corrected chi connectivity index (χ1v) is 6.65. The molecule has 2 rings (SSSR count). The molecule has 1 saturated heterocycles. The summed E-state index contributed by atoms with van der Waals surface area (Å²) in [5.41, 5.74) is 0. The van der Waals surface area contributed by atoms with Gasteiger partial charge >= 0.3 is 0 Å². The fourth-order valence-corrected chi connectivity index (χ4v) is 2.22. The van der Waals surface area contributed by atoms with Crippen molar-refractivity contribution in [3.05, 3.63) is 11.7 Å². The van der Waals surface area contributed by atoms with E-state index in [1.54, 1.807) is 0 Å². The van der Waals surface area contributed by atoms with E-state index in [1.807, 2.05) is 0 Å². The molecule has 0 saturated carbocycles. The van der Waals surface area contributed by atoms with E-state index in [0.29, 0.717) is 5.92 Å². The van der Waals surface area contributed by atoms with Crippen LogP contribution in [0.1, 0.15) is 64.2 Å². The van der Waals surface area contributed by atoms with Gasteiger partial charge in [-0.2, -0.15) is 4.98 Å². The molecule has 0 N–H and O–H groups in total. The quantitative estimate of drug-likeness (QED) is 0.810. The van der Waals surface area contributed by atoms with Crippen molar-refractivity contribution >= 4 is 0 Å². The van der Waals surface area contributed by atoms with Crippen LogP contribution in [0.5, 0.6) is 0 Å². The number of piperidine rings is 1. The van der Waals surface area contributed by atoms with E-state index in [1.165, 1.54) is 12.8 Å². The Hall–Kier alpha value is -0.900. The number of nitrogens with zero attached hydrogens (tertiary/aromatic N) is 3. The van der Waals surface area contributed by atoms with Gasteiger partial charge < -0.3 is 4.52 Å². The minimum absolute atomic E-state index is 0.252. The zero-order valence-electron chi connectivity index (χ0n) is 11.3. The molecule has 0 aliphatic carbocycles. The van der Waals surface area contributed by atoms with E-state index in [9.17, 15) is 0 Å². The average molecular weight is 237 g/mol. The lowest BCUT2D eigenvalue weighted by molar-refractivity contribution is 0.124. The SMILES string of the molecule is CC1CCN(C(C)c2nc(C(C)C)no2)CC1. The Morgan fingerprint density at radius 2 is 1.88 bits per heavy atom. The summed E-state index contributed by atoms with van der Waals surface area (Å²) in [6.45, 7) is 10.9. The molecule has 0 amide bonds. The Labute approximate surface area is 103 Å². The second kappa shape index (κ2) is 5.17. The fraction of sp³-hybridized carbons (Fsp3) is 0.846. The second-order valence-corrected chi connectivity index (χ2v) is 5.54. The molecule has 0 spiro atoms. The Morgan fingerprint density at radius 3 is 2.41 bits per heavy atom. The number of hydrogen-bond donors (Lipinski definition) is 0. The van der Waals surface area contributed by atoms with Gasteiger partial charge in [0.15, 0.2) is 5.82 Å². The first-order valence-electron chi connectivity index (χ1n) is 6.65. The first kappa shape index (κ1) is 12.6. The fourth-order valence-electron chi connectivity index (χ4n) is 2.22. The van der Waals surface area contributed by atoms with Crippen molar-refractivity contribution in [1.29, 1.82) is 0 Å². The maximum Gasteiger partial charge on any atom is 0.243 e. The second-order valence-electron chi connectivity index (χ2n) is 5.54. The van der Waals surface area contributed by atoms with Crippen molar-refractivity contribution in [3.8, 4) is 0 Å². The predicted octanol–water partition coefficient (Wildman–Crippen LogP) is 2.99. The van der Waals surface area contributed by atoms with Gasteiger partial charge in [-0.3, -0.25) is 4.90 Å². The van der Waals surface area contributed by atoms with Gasteiger partial charge in [-0.15, -0.1) is 0 Å². The van der Waals surface area contributed by atoms with E-state index < -0.39 is 0 Å². The van der Waals surface area contributed by atoms with Crippen LogP contribution in [-0.4, -0.2) is 28.1 Å². The minimum atomic E-state index is 0.252. The van der Waals surface area contributed by atoms with Gasteiger partial charge in [-0.05, 0) is 38.8 Å². The Balaban J connectivity index is 2.01. The van der Waals surface area contributed by atoms with Crippen LogP contribution < -0.4 is 0 Å². The summed E-state index contributed by atoms with van der Waals surface area (Å²) < 4.78 is 5.37. The summed E-state index contributed by atoms with van der Waals surface area (Å²) in [6, 6.07) is 0.252. The lowest BCUT2D eigenvalue weighted by Gasteiger charge is -2.33. The number of likely N-dealkylation sites (tertiary alicyclic amines) is 1. The average Bonchev–Trinajstić information content (AvgIpc) is 2.78. The van der Waals surface area contributed by atoms with Crippen molar-refractivity contribution < 1.29 is 4.52 Å². The highest BCUT2D eigenvalue weighted by Crippen LogP contribution is 2.26. The van der Waals surface area contributed by atoms with Crippen molar-refractivity contribution in [3.63, 3.8) is 0 Å². The third-order valence-corrected chi connectivity index (χ3v) is 3.70. The third-order valence-electron chi connectivity index (χ3n) is 3.70. The summed E-state index contributed by atoms with van der Waals surface area (Å²) in [4.78, 5) is 6.93. The normalized spacial score (nSPS) is 21.0. The van der Waals surface area contributed by atoms with Crippen LogP contribution in [-0.2, 0) is 0 Å². The standard InChI is InChI=1S/C13H23N3O/c1-9(2)12-14-13(17-15-12)11(4)16-7-5-10(3)6-8-16/h9-11H,5-8H2,1-4H3. The van der Waals surface area contributed by atoms with E-state index in [-0.39, 0.29) is 6.04 Å². The molecule has 1 aliphatic heterocycles. The maximum absolute atomic E-state index is 5.37. The Bertz CT molecular complexity index is 353. The largest absolute Gasteiger partial charge is 0.338 e. The van der Waals surface area contributed by atoms with Gasteiger partial charge in [-0.1, -0.05) is 25.9 Å². The molecule has 1 aromatic rings. The van der Waals surface area contributed by atoms with Crippen LogP contribution in [0.15, 0.2) is 4.52 Å². The number of hydrogen-bond acceptors (Lipinski definition) is 4. The van der Waals surface area contributed by atoms with E-state index in [4.69, 9.17) is 4.52 Å². The molecule has 1 fully saturated rings. The zero-order valence-corrected chi connectivity index (χ0v) is 11.3. The van der Waals surface area contributed by atoms with Crippen LogP contribution in [0.4, 0.5) is 0 Å². The highest BCUT2D eigenvalue weighted by atomic mass is 16.5. The molecule has 0 aromatic carbocycles. The molecule has 1 aromatic heterocycles. The Kier molecular flexibility index (Phi) is 3.82. The summed E-state index contributed by atoms with van der Waals surface area (Å²) >= 11 is 0. The molecule has 0 bridgehead atoms. The van der Waals surface area contributed by atoms with E-state index in [0.717, 1.165) is 30.7 Å². The van der Waals surface area contributed by atoms with Crippen molar-refractivity contribution in [2.75, 3.05) is 13.1 Å². The highest BCUT2D eigenvalue weighted by molar-refractivity contribution is 4.96. The van der Waals surface area contributed by atoms with Gasteiger partial charge in [0.1, 0.15) is 0 Å². The molecule has 0 radical (unpaired) electrons. The molecular weight excluding hydrogens is 214 g/mol. The topological polar surface area (TPSA) is 42.2 Å². The van der Waals surface area contributed by atoms with Gasteiger partial charge in [0.25, 0.3) is 0 Å². The molecule has 1 unspecified atom stereocenters. The lowest BCUT2D eigenvalue weighted by Crippen LogP contribution is -2.35. The molecule has 1 atom stereocenters.